The fourth-order valence-electron chi connectivity index (χ4n) is 4.55. The Labute approximate surface area is 202 Å². The first-order valence-corrected chi connectivity index (χ1v) is 19.3. The summed E-state index contributed by atoms with van der Waals surface area (Å²) in [5.74, 6) is 0. The molecule has 0 aromatic carbocycles. The molecule has 0 aromatic heterocycles. The molecule has 1 aliphatic rings. The van der Waals surface area contributed by atoms with Crippen LogP contribution < -0.4 is 11.1 Å². The number of nitrogens with one attached hydrogen (secondary N) is 1. The largest absolute Gasteiger partial charge is 0.355 e. The van der Waals surface area contributed by atoms with Crippen LogP contribution >= 0.6 is 45.6 Å². The Balaban J connectivity index is 4.66. The Morgan fingerprint density at radius 2 is 1.03 bits per heavy atom. The van der Waals surface area contributed by atoms with E-state index in [2.05, 4.69) is 5.32 Å². The third kappa shape index (κ3) is 7.29. The molecule has 1 heterocycles. The summed E-state index contributed by atoms with van der Waals surface area (Å²) in [7, 11) is -38.8. The Hall–Kier alpha value is 0.780. The van der Waals surface area contributed by atoms with E-state index in [1.807, 2.05) is 0 Å². The lowest BCUT2D eigenvalue weighted by Crippen LogP contribution is -2.77. The average molecular weight is 651 g/mol. The molecule has 1 unspecified atom stereocenters. The summed E-state index contributed by atoms with van der Waals surface area (Å²) < 4.78 is 74.3. The van der Waals surface area contributed by atoms with E-state index in [9.17, 15) is 86.1 Å². The zero-order chi connectivity index (χ0) is 28.9. The minimum absolute atomic E-state index is 0.420. The van der Waals surface area contributed by atoms with Crippen molar-refractivity contribution in [3.63, 3.8) is 0 Å². The average Bonchev–Trinajstić information content (AvgIpc) is 2.50. The van der Waals surface area contributed by atoms with Crippen LogP contribution in [-0.2, 0) is 27.4 Å². The quantitative estimate of drug-likeness (QED) is 0.0957. The molecule has 0 spiro atoms. The Bertz CT molecular complexity index is 978. The SMILES string of the molecule is NCCC1NCCN(C(P(=O)(O)O)P(=O)(O)O)C1(C(P(=O)(O)O)P(=O)(O)O)C(P(=O)(O)O)P(=O)(O)O. The van der Waals surface area contributed by atoms with Crippen LogP contribution in [0.3, 0.4) is 0 Å². The van der Waals surface area contributed by atoms with Crippen LogP contribution in [0.2, 0.25) is 0 Å². The van der Waals surface area contributed by atoms with Crippen LogP contribution in [0.15, 0.2) is 0 Å². The minimum Gasteiger partial charge on any atom is -0.330 e. The van der Waals surface area contributed by atoms with Gasteiger partial charge in [0.1, 0.15) is 0 Å². The lowest BCUT2D eigenvalue weighted by Gasteiger charge is -2.59. The van der Waals surface area contributed by atoms with Crippen molar-refractivity contribution in [2.75, 3.05) is 19.6 Å². The molecule has 27 heteroatoms. The molecule has 216 valence electrons. The smallest absolute Gasteiger partial charge is 0.330 e. The maximum absolute atomic E-state index is 12.5. The fraction of sp³-hybridized carbons (Fsp3) is 1.00. The van der Waals surface area contributed by atoms with Crippen LogP contribution in [0.25, 0.3) is 0 Å². The van der Waals surface area contributed by atoms with Crippen LogP contribution in [0.5, 0.6) is 0 Å². The van der Waals surface area contributed by atoms with Crippen molar-refractivity contribution in [2.24, 2.45) is 5.73 Å². The zero-order valence-electron chi connectivity index (χ0n) is 17.7. The predicted octanol–water partition coefficient (Wildman–Crippen LogP) is -3.65. The van der Waals surface area contributed by atoms with Crippen molar-refractivity contribution in [3.8, 4) is 0 Å². The first-order chi connectivity index (χ1) is 15.7. The number of hydrogen-bond donors (Lipinski definition) is 14. The molecule has 0 aliphatic carbocycles. The van der Waals surface area contributed by atoms with Crippen molar-refractivity contribution in [1.82, 2.24) is 10.2 Å². The number of hydrogen-bond acceptors (Lipinski definition) is 9. The molecule has 1 atom stereocenters. The molecule has 0 saturated carbocycles. The Morgan fingerprint density at radius 3 is 1.28 bits per heavy atom. The van der Waals surface area contributed by atoms with Crippen LogP contribution in [0.4, 0.5) is 0 Å². The van der Waals surface area contributed by atoms with Crippen LogP contribution in [0, 0.1) is 0 Å². The van der Waals surface area contributed by atoms with E-state index in [0.717, 1.165) is 0 Å². The van der Waals surface area contributed by atoms with Crippen molar-refractivity contribution in [1.29, 1.82) is 0 Å². The van der Waals surface area contributed by atoms with Gasteiger partial charge in [-0.15, -0.1) is 0 Å². The van der Waals surface area contributed by atoms with Gasteiger partial charge in [0.2, 0.25) is 5.52 Å². The zero-order valence-corrected chi connectivity index (χ0v) is 23.0. The van der Waals surface area contributed by atoms with Gasteiger partial charge >= 0.3 is 45.6 Å². The Morgan fingerprint density at radius 1 is 0.694 bits per heavy atom. The second-order valence-corrected chi connectivity index (χ2v) is 19.1. The summed E-state index contributed by atoms with van der Waals surface area (Å²) in [6.07, 6.45) is -0.876. The van der Waals surface area contributed by atoms with Gasteiger partial charge in [-0.2, -0.15) is 0 Å². The summed E-state index contributed by atoms with van der Waals surface area (Å²) in [6, 6.07) is -2.33. The number of piperazine rings is 1. The van der Waals surface area contributed by atoms with Gasteiger partial charge in [0, 0.05) is 19.1 Å². The second kappa shape index (κ2) is 11.0. The number of nitrogens with two attached hydrogens (primary N) is 1. The monoisotopic (exact) mass is 651 g/mol. The molecule has 36 heavy (non-hydrogen) atoms. The molecular weight excluding hydrogens is 624 g/mol. The van der Waals surface area contributed by atoms with E-state index >= 15 is 0 Å². The van der Waals surface area contributed by atoms with E-state index in [4.69, 9.17) is 5.73 Å². The maximum atomic E-state index is 12.5. The Kier molecular flexibility index (Phi) is 10.6. The summed E-state index contributed by atoms with van der Waals surface area (Å²) in [4.78, 5) is 118. The molecule has 1 fully saturated rings. The summed E-state index contributed by atoms with van der Waals surface area (Å²) in [6.45, 7) is -2.64. The molecule has 1 saturated heterocycles. The normalized spacial score (nSPS) is 21.5. The maximum Gasteiger partial charge on any atom is 0.355 e. The van der Waals surface area contributed by atoms with Crippen LogP contribution in [-0.4, -0.2) is 111 Å². The van der Waals surface area contributed by atoms with Gasteiger partial charge in [0.05, 0.1) is 5.54 Å². The molecule has 1 rings (SSSR count). The molecule has 1 aliphatic heterocycles. The topological polar surface area (TPSA) is 386 Å². The van der Waals surface area contributed by atoms with Gasteiger partial charge < -0.3 is 69.8 Å². The number of nitrogens with zero attached hydrogens (tertiary/aromatic N) is 1. The molecular formula is C9H27N3O18P6. The first-order valence-electron chi connectivity index (χ1n) is 9.17. The highest BCUT2D eigenvalue weighted by atomic mass is 31.2. The van der Waals surface area contributed by atoms with Crippen molar-refractivity contribution in [2.45, 2.75) is 34.3 Å². The number of rotatable bonds is 11. The van der Waals surface area contributed by atoms with Gasteiger partial charge in [-0.3, -0.25) is 32.3 Å². The summed E-state index contributed by atoms with van der Waals surface area (Å²) >= 11 is 0. The van der Waals surface area contributed by atoms with Gasteiger partial charge in [-0.1, -0.05) is 0 Å². The van der Waals surface area contributed by atoms with Gasteiger partial charge in [0.15, 0.2) is 10.8 Å². The van der Waals surface area contributed by atoms with Crippen LogP contribution in [0.1, 0.15) is 6.42 Å². The predicted molar refractivity (Wildman–Crippen MR) is 119 cm³/mol. The molecule has 0 amide bonds. The molecule has 15 N–H and O–H groups in total. The van der Waals surface area contributed by atoms with E-state index in [1.165, 1.54) is 0 Å². The summed E-state index contributed by atoms with van der Waals surface area (Å²) in [5, 5.41) is -5.54. The van der Waals surface area contributed by atoms with Gasteiger partial charge in [0.25, 0.3) is 0 Å². The van der Waals surface area contributed by atoms with E-state index < -0.39 is 104 Å². The van der Waals surface area contributed by atoms with E-state index in [1.54, 1.807) is 0 Å². The highest BCUT2D eigenvalue weighted by Gasteiger charge is 2.76. The molecule has 21 nitrogen and oxygen atoms in total. The van der Waals surface area contributed by atoms with Crippen molar-refractivity contribution >= 4 is 45.6 Å². The lowest BCUT2D eigenvalue weighted by atomic mass is 9.86. The van der Waals surface area contributed by atoms with Gasteiger partial charge in [-0.25, -0.2) is 0 Å². The standard InChI is InChI=1S/C9H27N3O18P6/c10-2-1-5-9(6(31(13,14)15)32(16,17)18,7(33(19,20)21)34(22,23)24)12(4-3-11-5)8(35(25,26)27)36(28,29)30/h5-8,11H,1-4,10H2,(H2,13,14,15)(H2,16,17,18)(H2,19,20,21)(H2,22,23,24)(H2,25,26,27)(H2,28,29,30). The lowest BCUT2D eigenvalue weighted by molar-refractivity contribution is 0.0143. The first kappa shape index (κ1) is 34.8. The van der Waals surface area contributed by atoms with Crippen molar-refractivity contribution in [3.05, 3.63) is 0 Å². The van der Waals surface area contributed by atoms with E-state index in [0.29, 0.717) is 0 Å². The minimum atomic E-state index is -6.55. The molecule has 0 bridgehead atoms. The summed E-state index contributed by atoms with van der Waals surface area (Å²) in [5.41, 5.74) is -2.37. The third-order valence-electron chi connectivity index (χ3n) is 5.24. The van der Waals surface area contributed by atoms with Crippen molar-refractivity contribution < 1.29 is 86.1 Å². The van der Waals surface area contributed by atoms with Gasteiger partial charge in [-0.05, 0) is 13.0 Å². The highest BCUT2D eigenvalue weighted by molar-refractivity contribution is 7.73. The molecule has 0 radical (unpaired) electrons. The van der Waals surface area contributed by atoms with E-state index in [-0.39, 0.29) is 0 Å². The highest BCUT2D eigenvalue weighted by Crippen LogP contribution is 2.77. The fourth-order valence-corrected chi connectivity index (χ4v) is 15.1. The third-order valence-corrected chi connectivity index (χ3v) is 16.6. The second-order valence-electron chi connectivity index (χ2n) is 7.79. The molecule has 0 aromatic rings.